The molecule has 1 aliphatic heterocycles. The summed E-state index contributed by atoms with van der Waals surface area (Å²) in [6, 6.07) is 8.08. The summed E-state index contributed by atoms with van der Waals surface area (Å²) in [6.07, 6.45) is 2.61. The highest BCUT2D eigenvalue weighted by Crippen LogP contribution is 2.36. The van der Waals surface area contributed by atoms with Gasteiger partial charge in [0.25, 0.3) is 5.91 Å². The number of ether oxygens (including phenoxy) is 1. The molecular formula is C31H29F3N6O3. The number of H-pyrrole nitrogens is 1. The number of nitrogens with one attached hydrogen (secondary N) is 2. The Hall–Kier alpha value is -5.05. The normalized spacial score (nSPS) is 13.5. The molecule has 2 aromatic carbocycles. The number of carbonyl (C=O) groups is 2. The first-order valence-electron chi connectivity index (χ1n) is 13.5. The van der Waals surface area contributed by atoms with Crippen molar-refractivity contribution in [1.29, 1.82) is 0 Å². The van der Waals surface area contributed by atoms with Crippen molar-refractivity contribution in [3.8, 4) is 11.8 Å². The summed E-state index contributed by atoms with van der Waals surface area (Å²) < 4.78 is 50.2. The molecule has 0 bridgehead atoms. The lowest BCUT2D eigenvalue weighted by atomic mass is 10.1. The van der Waals surface area contributed by atoms with E-state index in [-0.39, 0.29) is 43.0 Å². The van der Waals surface area contributed by atoms with Gasteiger partial charge in [-0.2, -0.15) is 0 Å². The Balaban J connectivity index is 1.34. The zero-order valence-electron chi connectivity index (χ0n) is 24.0. The summed E-state index contributed by atoms with van der Waals surface area (Å²) >= 11 is 0. The zero-order chi connectivity index (χ0) is 30.9. The number of imidazole rings is 1. The molecular weight excluding hydrogens is 561 g/mol. The molecule has 0 radical (unpaired) electrons. The van der Waals surface area contributed by atoms with Crippen LogP contribution in [0.2, 0.25) is 0 Å². The molecule has 0 atom stereocenters. The van der Waals surface area contributed by atoms with Crippen LogP contribution in [0.15, 0.2) is 42.9 Å². The van der Waals surface area contributed by atoms with Gasteiger partial charge in [0.15, 0.2) is 23.1 Å². The fourth-order valence-corrected chi connectivity index (χ4v) is 4.68. The largest absolute Gasteiger partial charge is 0.444 e. The Morgan fingerprint density at radius 2 is 1.70 bits per heavy atom. The minimum absolute atomic E-state index is 0.0210. The van der Waals surface area contributed by atoms with Gasteiger partial charge in [-0.1, -0.05) is 17.9 Å². The fraction of sp³-hybridized carbons (Fsp3) is 0.290. The number of amides is 2. The van der Waals surface area contributed by atoms with Crippen molar-refractivity contribution in [2.75, 3.05) is 36.4 Å². The molecule has 43 heavy (non-hydrogen) atoms. The van der Waals surface area contributed by atoms with Gasteiger partial charge in [0, 0.05) is 54.6 Å². The number of pyridine rings is 1. The van der Waals surface area contributed by atoms with E-state index in [1.807, 2.05) is 0 Å². The maximum absolute atomic E-state index is 15.1. The van der Waals surface area contributed by atoms with Gasteiger partial charge in [0.1, 0.15) is 11.1 Å². The Morgan fingerprint density at radius 3 is 2.42 bits per heavy atom. The summed E-state index contributed by atoms with van der Waals surface area (Å²) in [5, 5.41) is 2.41. The van der Waals surface area contributed by atoms with E-state index in [1.165, 1.54) is 35.2 Å². The molecule has 2 amide bonds. The van der Waals surface area contributed by atoms with Crippen LogP contribution in [0.25, 0.3) is 11.2 Å². The molecule has 0 spiro atoms. The molecule has 222 valence electrons. The van der Waals surface area contributed by atoms with Crippen LogP contribution in [-0.4, -0.2) is 63.6 Å². The van der Waals surface area contributed by atoms with Crippen LogP contribution in [0.4, 0.5) is 29.3 Å². The third kappa shape index (κ3) is 6.40. The van der Waals surface area contributed by atoms with Gasteiger partial charge in [0.05, 0.1) is 17.7 Å². The molecule has 1 saturated heterocycles. The van der Waals surface area contributed by atoms with Crippen molar-refractivity contribution < 1.29 is 27.5 Å². The predicted octanol–water partition coefficient (Wildman–Crippen LogP) is 5.39. The summed E-state index contributed by atoms with van der Waals surface area (Å²) in [5.41, 5.74) is 1.25. The second kappa shape index (κ2) is 11.7. The Labute approximate surface area is 246 Å². The summed E-state index contributed by atoms with van der Waals surface area (Å²) in [5.74, 6) is 0.633. The van der Waals surface area contributed by atoms with E-state index in [9.17, 15) is 18.4 Å². The van der Waals surface area contributed by atoms with Crippen molar-refractivity contribution in [2.45, 2.75) is 33.3 Å². The molecule has 5 rings (SSSR count). The quantitative estimate of drug-likeness (QED) is 0.245. The number of benzene rings is 2. The minimum Gasteiger partial charge on any atom is -0.444 e. The molecule has 4 aromatic rings. The van der Waals surface area contributed by atoms with Gasteiger partial charge in [0.2, 0.25) is 0 Å². The lowest BCUT2D eigenvalue weighted by Crippen LogP contribution is -2.50. The number of piperazine rings is 1. The fourth-order valence-electron chi connectivity index (χ4n) is 4.68. The van der Waals surface area contributed by atoms with Gasteiger partial charge >= 0.3 is 6.09 Å². The first-order valence-corrected chi connectivity index (χ1v) is 13.5. The predicted molar refractivity (Wildman–Crippen MR) is 155 cm³/mol. The number of nitrogens with zero attached hydrogens (tertiary/aromatic N) is 4. The number of rotatable bonds is 3. The molecule has 0 aliphatic carbocycles. The molecule has 1 aliphatic rings. The number of aromatic nitrogens is 3. The average Bonchev–Trinajstić information content (AvgIpc) is 3.45. The molecule has 9 nitrogen and oxygen atoms in total. The van der Waals surface area contributed by atoms with E-state index >= 15 is 4.39 Å². The van der Waals surface area contributed by atoms with Crippen molar-refractivity contribution in [1.82, 2.24) is 19.9 Å². The highest BCUT2D eigenvalue weighted by molar-refractivity contribution is 6.05. The second-order valence-electron chi connectivity index (χ2n) is 11.0. The number of hydrogen-bond acceptors (Lipinski definition) is 6. The average molecular weight is 591 g/mol. The van der Waals surface area contributed by atoms with Crippen molar-refractivity contribution in [3.63, 3.8) is 0 Å². The van der Waals surface area contributed by atoms with E-state index in [0.29, 0.717) is 22.3 Å². The maximum Gasteiger partial charge on any atom is 0.410 e. The Kier molecular flexibility index (Phi) is 8.00. The highest BCUT2D eigenvalue weighted by Gasteiger charge is 2.31. The van der Waals surface area contributed by atoms with Crippen molar-refractivity contribution >= 4 is 34.5 Å². The monoisotopic (exact) mass is 590 g/mol. The smallest absolute Gasteiger partial charge is 0.410 e. The van der Waals surface area contributed by atoms with Crippen molar-refractivity contribution in [2.24, 2.45) is 0 Å². The van der Waals surface area contributed by atoms with E-state index in [0.717, 1.165) is 0 Å². The molecule has 2 aromatic heterocycles. The van der Waals surface area contributed by atoms with Gasteiger partial charge in [-0.05, 0) is 52.0 Å². The molecule has 1 fully saturated rings. The summed E-state index contributed by atoms with van der Waals surface area (Å²) in [7, 11) is 0. The molecule has 3 heterocycles. The topological polar surface area (TPSA) is 103 Å². The van der Waals surface area contributed by atoms with Gasteiger partial charge in [-0.3, -0.25) is 4.79 Å². The molecule has 2 N–H and O–H groups in total. The number of hydrogen-bond donors (Lipinski definition) is 2. The van der Waals surface area contributed by atoms with Gasteiger partial charge < -0.3 is 24.8 Å². The molecule has 0 saturated carbocycles. The number of carbonyl (C=O) groups excluding carboxylic acids is 2. The third-order valence-corrected chi connectivity index (χ3v) is 6.78. The Morgan fingerprint density at radius 1 is 0.977 bits per heavy atom. The third-order valence-electron chi connectivity index (χ3n) is 6.78. The first kappa shape index (κ1) is 29.4. The first-order chi connectivity index (χ1) is 20.4. The number of halogens is 3. The standard InChI is InChI=1S/C31H29F3N6O3/c1-18-26(24(33)23(32)25(34)27(18)39-10-12-40(13-11-39)30(42)43-31(2,3)4)38-29(41)21-7-5-6-19(14-21)8-9-20-15-22-28(35-16-20)37-17-36-22/h5-7,14-17H,10-13H2,1-4H3,(H,38,41)(H,35,36,37). The maximum atomic E-state index is 15.1. The van der Waals surface area contributed by atoms with E-state index in [1.54, 1.807) is 45.2 Å². The lowest BCUT2D eigenvalue weighted by molar-refractivity contribution is 0.0240. The minimum atomic E-state index is -1.70. The van der Waals surface area contributed by atoms with Gasteiger partial charge in [-0.25, -0.2) is 27.9 Å². The number of fused-ring (bicyclic) bond motifs is 1. The van der Waals surface area contributed by atoms with E-state index in [4.69, 9.17) is 4.74 Å². The highest BCUT2D eigenvalue weighted by atomic mass is 19.2. The molecule has 0 unspecified atom stereocenters. The lowest BCUT2D eigenvalue weighted by Gasteiger charge is -2.37. The van der Waals surface area contributed by atoms with Gasteiger partial charge in [-0.15, -0.1) is 0 Å². The van der Waals surface area contributed by atoms with Crippen LogP contribution in [0.3, 0.4) is 0 Å². The molecule has 12 heteroatoms. The van der Waals surface area contributed by atoms with Crippen molar-refractivity contribution in [3.05, 3.63) is 82.6 Å². The van der Waals surface area contributed by atoms with E-state index < -0.39 is 40.7 Å². The van der Waals surface area contributed by atoms with Crippen LogP contribution in [-0.2, 0) is 4.74 Å². The number of aromatic amines is 1. The number of anilines is 2. The van der Waals surface area contributed by atoms with Crippen LogP contribution in [0.5, 0.6) is 0 Å². The van der Waals surface area contributed by atoms with Crippen LogP contribution in [0.1, 0.15) is 47.8 Å². The Bertz CT molecular complexity index is 1780. The van der Waals surface area contributed by atoms with E-state index in [2.05, 4.69) is 32.1 Å². The second-order valence-corrected chi connectivity index (χ2v) is 11.0. The SMILES string of the molecule is Cc1c(NC(=O)c2cccc(C#Cc3cnc4[nH]cnc4c3)c2)c(F)c(F)c(F)c1N1CCN(C(=O)OC(C)(C)C)CC1. The van der Waals surface area contributed by atoms with Crippen LogP contribution < -0.4 is 10.2 Å². The zero-order valence-corrected chi connectivity index (χ0v) is 24.0. The summed E-state index contributed by atoms with van der Waals surface area (Å²) in [6.45, 7) is 7.34. The van der Waals surface area contributed by atoms with Crippen LogP contribution in [0, 0.1) is 36.2 Å². The summed E-state index contributed by atoms with van der Waals surface area (Å²) in [4.78, 5) is 39.8. The van der Waals surface area contributed by atoms with Crippen LogP contribution >= 0.6 is 0 Å².